The second kappa shape index (κ2) is 5.45. The van der Waals surface area contributed by atoms with Crippen LogP contribution in [0.3, 0.4) is 0 Å². The number of hydrogen-bond donors (Lipinski definition) is 1. The first-order chi connectivity index (χ1) is 9.88. The van der Waals surface area contributed by atoms with Crippen LogP contribution in [-0.2, 0) is 6.42 Å². The van der Waals surface area contributed by atoms with Crippen molar-refractivity contribution in [3.8, 4) is 6.07 Å². The molecule has 3 rings (SSSR count). The van der Waals surface area contributed by atoms with Gasteiger partial charge in [0.05, 0.1) is 23.0 Å². The standard InChI is InChI=1S/C16H13N3O/c17-10-12-11-19-15-6-2-1-5-14(15)16(12)18-8-7-13-4-3-9-20-13/h1-6,9,11H,7-8H2,(H,18,19). The Balaban J connectivity index is 1.87. The van der Waals surface area contributed by atoms with Crippen LogP contribution < -0.4 is 5.32 Å². The van der Waals surface area contributed by atoms with E-state index in [9.17, 15) is 5.26 Å². The number of fused-ring (bicyclic) bond motifs is 1. The van der Waals surface area contributed by atoms with E-state index in [1.54, 1.807) is 12.5 Å². The zero-order valence-corrected chi connectivity index (χ0v) is 10.8. The summed E-state index contributed by atoms with van der Waals surface area (Å²) in [4.78, 5) is 4.29. The SMILES string of the molecule is N#Cc1cnc2ccccc2c1NCCc1ccco1. The molecule has 0 amide bonds. The molecular weight excluding hydrogens is 250 g/mol. The molecule has 0 radical (unpaired) electrons. The Morgan fingerprint density at radius 2 is 2.10 bits per heavy atom. The van der Waals surface area contributed by atoms with Gasteiger partial charge in [0.2, 0.25) is 0 Å². The van der Waals surface area contributed by atoms with E-state index >= 15 is 0 Å². The van der Waals surface area contributed by atoms with Gasteiger partial charge in [-0.1, -0.05) is 18.2 Å². The third-order valence-corrected chi connectivity index (χ3v) is 3.15. The average Bonchev–Trinajstić information content (AvgIpc) is 3.00. The fourth-order valence-electron chi connectivity index (χ4n) is 2.18. The van der Waals surface area contributed by atoms with Crippen molar-refractivity contribution in [2.45, 2.75) is 6.42 Å². The Labute approximate surface area is 116 Å². The lowest BCUT2D eigenvalue weighted by molar-refractivity contribution is 0.513. The van der Waals surface area contributed by atoms with Crippen LogP contribution in [0.15, 0.2) is 53.3 Å². The van der Waals surface area contributed by atoms with E-state index in [4.69, 9.17) is 4.42 Å². The van der Waals surface area contributed by atoms with E-state index in [1.165, 1.54) is 0 Å². The highest BCUT2D eigenvalue weighted by atomic mass is 16.3. The molecule has 2 heterocycles. The van der Waals surface area contributed by atoms with Crippen LogP contribution in [0.25, 0.3) is 10.9 Å². The van der Waals surface area contributed by atoms with Crippen molar-refractivity contribution in [1.82, 2.24) is 4.98 Å². The van der Waals surface area contributed by atoms with Crippen molar-refractivity contribution in [1.29, 1.82) is 5.26 Å². The summed E-state index contributed by atoms with van der Waals surface area (Å²) in [6.07, 6.45) is 4.05. The third kappa shape index (κ3) is 2.34. The maximum absolute atomic E-state index is 9.21. The first-order valence-corrected chi connectivity index (χ1v) is 6.42. The number of benzene rings is 1. The second-order valence-electron chi connectivity index (χ2n) is 4.43. The van der Waals surface area contributed by atoms with Gasteiger partial charge in [0, 0.05) is 24.5 Å². The van der Waals surface area contributed by atoms with E-state index < -0.39 is 0 Å². The van der Waals surface area contributed by atoms with Crippen molar-refractivity contribution in [3.05, 3.63) is 60.2 Å². The van der Waals surface area contributed by atoms with Crippen LogP contribution in [0.1, 0.15) is 11.3 Å². The molecule has 0 saturated heterocycles. The van der Waals surface area contributed by atoms with E-state index in [2.05, 4.69) is 16.4 Å². The van der Waals surface area contributed by atoms with Crippen molar-refractivity contribution in [2.24, 2.45) is 0 Å². The smallest absolute Gasteiger partial charge is 0.105 e. The van der Waals surface area contributed by atoms with Gasteiger partial charge >= 0.3 is 0 Å². The van der Waals surface area contributed by atoms with Crippen molar-refractivity contribution in [3.63, 3.8) is 0 Å². The van der Waals surface area contributed by atoms with Crippen molar-refractivity contribution < 1.29 is 4.42 Å². The highest BCUT2D eigenvalue weighted by molar-refractivity contribution is 5.93. The third-order valence-electron chi connectivity index (χ3n) is 3.15. The number of para-hydroxylation sites is 1. The van der Waals surface area contributed by atoms with Crippen molar-refractivity contribution >= 4 is 16.6 Å². The first kappa shape index (κ1) is 12.2. The number of rotatable bonds is 4. The molecule has 1 aromatic carbocycles. The van der Waals surface area contributed by atoms with Gasteiger partial charge in [-0.05, 0) is 18.2 Å². The first-order valence-electron chi connectivity index (χ1n) is 6.42. The summed E-state index contributed by atoms with van der Waals surface area (Å²) in [5.41, 5.74) is 2.28. The molecule has 0 atom stereocenters. The molecule has 0 aliphatic heterocycles. The topological polar surface area (TPSA) is 61.9 Å². The van der Waals surface area contributed by atoms with Crippen LogP contribution in [0.4, 0.5) is 5.69 Å². The molecule has 0 spiro atoms. The van der Waals surface area contributed by atoms with Gasteiger partial charge in [-0.2, -0.15) is 5.26 Å². The molecule has 0 unspecified atom stereocenters. The molecular formula is C16H13N3O. The monoisotopic (exact) mass is 263 g/mol. The number of nitrogens with zero attached hydrogens (tertiary/aromatic N) is 2. The number of aromatic nitrogens is 1. The lowest BCUT2D eigenvalue weighted by atomic mass is 10.1. The minimum atomic E-state index is 0.558. The van der Waals surface area contributed by atoms with E-state index in [-0.39, 0.29) is 0 Å². The van der Waals surface area contributed by atoms with Crippen LogP contribution in [0, 0.1) is 11.3 Å². The average molecular weight is 263 g/mol. The highest BCUT2D eigenvalue weighted by Gasteiger charge is 2.08. The van der Waals surface area contributed by atoms with E-state index in [1.807, 2.05) is 36.4 Å². The number of furan rings is 1. The fourth-order valence-corrected chi connectivity index (χ4v) is 2.18. The normalized spacial score (nSPS) is 10.3. The number of nitrogens with one attached hydrogen (secondary N) is 1. The minimum absolute atomic E-state index is 0.558. The lowest BCUT2D eigenvalue weighted by Crippen LogP contribution is -2.06. The van der Waals surface area contributed by atoms with Gasteiger partial charge in [-0.15, -0.1) is 0 Å². The summed E-state index contributed by atoms with van der Waals surface area (Å²) in [6, 6.07) is 13.8. The van der Waals surface area contributed by atoms with Gasteiger partial charge in [0.1, 0.15) is 11.8 Å². The number of pyridine rings is 1. The van der Waals surface area contributed by atoms with Crippen LogP contribution in [0.2, 0.25) is 0 Å². The van der Waals surface area contributed by atoms with Gasteiger partial charge in [-0.25, -0.2) is 0 Å². The number of hydrogen-bond acceptors (Lipinski definition) is 4. The Hall–Kier alpha value is -2.80. The van der Waals surface area contributed by atoms with Gasteiger partial charge in [-0.3, -0.25) is 4.98 Å². The summed E-state index contributed by atoms with van der Waals surface area (Å²) < 4.78 is 5.30. The van der Waals surface area contributed by atoms with Crippen LogP contribution in [-0.4, -0.2) is 11.5 Å². The number of nitriles is 1. The predicted octanol–water partition coefficient (Wildman–Crippen LogP) is 3.35. The van der Waals surface area contributed by atoms with Gasteiger partial charge in [0.15, 0.2) is 0 Å². The number of anilines is 1. The van der Waals surface area contributed by atoms with Gasteiger partial charge in [0.25, 0.3) is 0 Å². The van der Waals surface area contributed by atoms with E-state index in [0.717, 1.165) is 28.8 Å². The van der Waals surface area contributed by atoms with E-state index in [0.29, 0.717) is 12.1 Å². The maximum atomic E-state index is 9.21. The maximum Gasteiger partial charge on any atom is 0.105 e. The Bertz CT molecular complexity index is 757. The molecule has 3 aromatic rings. The van der Waals surface area contributed by atoms with Crippen LogP contribution in [0.5, 0.6) is 0 Å². The Morgan fingerprint density at radius 1 is 1.20 bits per heavy atom. The molecule has 1 N–H and O–H groups in total. The quantitative estimate of drug-likeness (QED) is 0.784. The molecule has 0 aliphatic rings. The second-order valence-corrected chi connectivity index (χ2v) is 4.43. The molecule has 0 aliphatic carbocycles. The lowest BCUT2D eigenvalue weighted by Gasteiger charge is -2.10. The molecule has 98 valence electrons. The molecule has 20 heavy (non-hydrogen) atoms. The summed E-state index contributed by atoms with van der Waals surface area (Å²) in [6.45, 7) is 0.705. The summed E-state index contributed by atoms with van der Waals surface area (Å²) in [7, 11) is 0. The molecule has 0 saturated carbocycles. The summed E-state index contributed by atoms with van der Waals surface area (Å²) >= 11 is 0. The van der Waals surface area contributed by atoms with Crippen molar-refractivity contribution in [2.75, 3.05) is 11.9 Å². The molecule has 2 aromatic heterocycles. The molecule has 4 nitrogen and oxygen atoms in total. The molecule has 0 bridgehead atoms. The summed E-state index contributed by atoms with van der Waals surface area (Å²) in [5, 5.41) is 13.5. The Morgan fingerprint density at radius 3 is 2.90 bits per heavy atom. The van der Waals surface area contributed by atoms with Crippen LogP contribution >= 0.6 is 0 Å². The fraction of sp³-hybridized carbons (Fsp3) is 0.125. The molecule has 4 heteroatoms. The zero-order chi connectivity index (χ0) is 13.8. The Kier molecular flexibility index (Phi) is 3.34. The highest BCUT2D eigenvalue weighted by Crippen LogP contribution is 2.25. The summed E-state index contributed by atoms with van der Waals surface area (Å²) in [5.74, 6) is 0.925. The largest absolute Gasteiger partial charge is 0.469 e. The zero-order valence-electron chi connectivity index (χ0n) is 10.8. The molecule has 0 fully saturated rings. The minimum Gasteiger partial charge on any atom is -0.469 e. The van der Waals surface area contributed by atoms with Gasteiger partial charge < -0.3 is 9.73 Å². The predicted molar refractivity (Wildman–Crippen MR) is 77.4 cm³/mol.